The summed E-state index contributed by atoms with van der Waals surface area (Å²) in [6.07, 6.45) is 0. The van der Waals surface area contributed by atoms with Gasteiger partial charge in [-0.2, -0.15) is 0 Å². The lowest BCUT2D eigenvalue weighted by Crippen LogP contribution is -2.12. The predicted molar refractivity (Wildman–Crippen MR) is 86.7 cm³/mol. The van der Waals surface area contributed by atoms with Crippen LogP contribution >= 0.6 is 23.4 Å². The Kier molecular flexibility index (Phi) is 5.71. The lowest BCUT2D eigenvalue weighted by atomic mass is 10.2. The van der Waals surface area contributed by atoms with E-state index in [1.807, 2.05) is 60.7 Å². The number of carbonyl (C=O) groups is 1. The molecule has 0 saturated heterocycles. The van der Waals surface area contributed by atoms with Gasteiger partial charge < -0.3 is 5.32 Å². The molecule has 0 atom stereocenters. The molecule has 20 heavy (non-hydrogen) atoms. The van der Waals surface area contributed by atoms with E-state index in [2.05, 4.69) is 5.32 Å². The summed E-state index contributed by atoms with van der Waals surface area (Å²) in [5.41, 5.74) is 3.24. The number of amides is 1. The molecule has 2 rings (SSSR count). The van der Waals surface area contributed by atoms with Crippen molar-refractivity contribution in [2.24, 2.45) is 0 Å². The van der Waals surface area contributed by atoms with Gasteiger partial charge in [-0.05, 0) is 17.7 Å². The molecule has 0 heterocycles. The van der Waals surface area contributed by atoms with Crippen LogP contribution in [-0.4, -0.2) is 5.91 Å². The third-order valence-electron chi connectivity index (χ3n) is 2.59. The standard InChI is InChI=1S/C16H14ClNOS/c17-11-15(20-12-13-7-3-1-4-8-13)16(19)18-14-9-5-2-6-10-14/h1-11H,12H2,(H,18,19)/b15-11-. The molecule has 1 amide bonds. The number of anilines is 1. The van der Waals surface area contributed by atoms with Crippen molar-refractivity contribution >= 4 is 35.0 Å². The number of hydrogen-bond donors (Lipinski definition) is 1. The van der Waals surface area contributed by atoms with E-state index < -0.39 is 0 Å². The molecule has 1 N–H and O–H groups in total. The fraction of sp³-hybridized carbons (Fsp3) is 0.0625. The van der Waals surface area contributed by atoms with Gasteiger partial charge >= 0.3 is 0 Å². The second-order valence-corrected chi connectivity index (χ2v) is 5.30. The van der Waals surface area contributed by atoms with Crippen molar-refractivity contribution in [1.82, 2.24) is 0 Å². The van der Waals surface area contributed by atoms with Crippen LogP contribution < -0.4 is 5.32 Å². The van der Waals surface area contributed by atoms with Crippen LogP contribution in [0.25, 0.3) is 0 Å². The Hall–Kier alpha value is -1.71. The van der Waals surface area contributed by atoms with Crippen molar-refractivity contribution in [2.45, 2.75) is 5.75 Å². The number of nitrogens with one attached hydrogen (secondary N) is 1. The van der Waals surface area contributed by atoms with Gasteiger partial charge in [0.25, 0.3) is 5.91 Å². The summed E-state index contributed by atoms with van der Waals surface area (Å²) in [4.78, 5) is 12.6. The maximum absolute atomic E-state index is 12.1. The first kappa shape index (κ1) is 14.7. The molecule has 102 valence electrons. The summed E-state index contributed by atoms with van der Waals surface area (Å²) in [5, 5.41) is 2.82. The second-order valence-electron chi connectivity index (χ2n) is 4.07. The fourth-order valence-electron chi connectivity index (χ4n) is 1.60. The van der Waals surface area contributed by atoms with E-state index in [-0.39, 0.29) is 5.91 Å². The van der Waals surface area contributed by atoms with Crippen LogP contribution in [0, 0.1) is 0 Å². The molecular weight excluding hydrogens is 290 g/mol. The van der Waals surface area contributed by atoms with Crippen molar-refractivity contribution in [3.05, 3.63) is 76.7 Å². The number of para-hydroxylation sites is 1. The SMILES string of the molecule is O=C(Nc1ccccc1)/C(=C/Cl)SCc1ccccc1. The Balaban J connectivity index is 1.93. The van der Waals surface area contributed by atoms with Gasteiger partial charge in [-0.3, -0.25) is 4.79 Å². The van der Waals surface area contributed by atoms with Gasteiger partial charge in [0.2, 0.25) is 0 Å². The van der Waals surface area contributed by atoms with Crippen LogP contribution in [0.2, 0.25) is 0 Å². The zero-order valence-electron chi connectivity index (χ0n) is 10.8. The van der Waals surface area contributed by atoms with Gasteiger partial charge in [-0.15, -0.1) is 11.8 Å². The van der Waals surface area contributed by atoms with Gasteiger partial charge in [0.05, 0.1) is 4.91 Å². The minimum atomic E-state index is -0.188. The largest absolute Gasteiger partial charge is 0.322 e. The average Bonchev–Trinajstić information content (AvgIpc) is 2.50. The van der Waals surface area contributed by atoms with Crippen LogP contribution in [0.4, 0.5) is 5.69 Å². The zero-order chi connectivity index (χ0) is 14.2. The van der Waals surface area contributed by atoms with Gasteiger partial charge in [0.1, 0.15) is 0 Å². The van der Waals surface area contributed by atoms with Gasteiger partial charge in [0.15, 0.2) is 0 Å². The van der Waals surface area contributed by atoms with E-state index in [0.717, 1.165) is 11.3 Å². The minimum absolute atomic E-state index is 0.188. The number of hydrogen-bond acceptors (Lipinski definition) is 2. The maximum atomic E-state index is 12.1. The van der Waals surface area contributed by atoms with E-state index in [9.17, 15) is 4.79 Å². The highest BCUT2D eigenvalue weighted by Crippen LogP contribution is 2.23. The summed E-state index contributed by atoms with van der Waals surface area (Å²) >= 11 is 7.17. The highest BCUT2D eigenvalue weighted by Gasteiger charge is 2.10. The van der Waals surface area contributed by atoms with Crippen LogP contribution in [-0.2, 0) is 10.5 Å². The van der Waals surface area contributed by atoms with Crippen molar-refractivity contribution in [3.8, 4) is 0 Å². The molecule has 2 aromatic rings. The molecule has 0 fully saturated rings. The lowest BCUT2D eigenvalue weighted by Gasteiger charge is -2.08. The molecule has 0 unspecified atom stereocenters. The van der Waals surface area contributed by atoms with Gasteiger partial charge in [-0.1, -0.05) is 60.1 Å². The molecule has 0 spiro atoms. The number of rotatable bonds is 5. The van der Waals surface area contributed by atoms with Crippen LogP contribution in [0.1, 0.15) is 5.56 Å². The fourth-order valence-corrected chi connectivity index (χ4v) is 2.64. The monoisotopic (exact) mass is 303 g/mol. The highest BCUT2D eigenvalue weighted by atomic mass is 35.5. The summed E-state index contributed by atoms with van der Waals surface area (Å²) in [6, 6.07) is 19.3. The molecule has 0 bridgehead atoms. The van der Waals surface area contributed by atoms with E-state index in [4.69, 9.17) is 11.6 Å². The smallest absolute Gasteiger partial charge is 0.262 e. The maximum Gasteiger partial charge on any atom is 0.262 e. The van der Waals surface area contributed by atoms with E-state index in [1.54, 1.807) is 0 Å². The van der Waals surface area contributed by atoms with Crippen LogP contribution in [0.3, 0.4) is 0 Å². The Morgan fingerprint density at radius 3 is 2.25 bits per heavy atom. The minimum Gasteiger partial charge on any atom is -0.322 e. The molecular formula is C16H14ClNOS. The zero-order valence-corrected chi connectivity index (χ0v) is 12.3. The second kappa shape index (κ2) is 7.78. The quantitative estimate of drug-likeness (QED) is 0.815. The molecule has 0 aromatic heterocycles. The van der Waals surface area contributed by atoms with E-state index >= 15 is 0 Å². The highest BCUT2D eigenvalue weighted by molar-refractivity contribution is 8.03. The Bertz CT molecular complexity index is 584. The molecule has 0 aliphatic heterocycles. The Labute approximate surface area is 127 Å². The summed E-state index contributed by atoms with van der Waals surface area (Å²) in [6.45, 7) is 0. The number of carbonyl (C=O) groups excluding carboxylic acids is 1. The summed E-state index contributed by atoms with van der Waals surface area (Å²) in [5.74, 6) is 0.522. The molecule has 2 nitrogen and oxygen atoms in total. The van der Waals surface area contributed by atoms with Gasteiger partial charge in [-0.25, -0.2) is 0 Å². The lowest BCUT2D eigenvalue weighted by molar-refractivity contribution is -0.112. The summed E-state index contributed by atoms with van der Waals surface area (Å²) in [7, 11) is 0. The molecule has 4 heteroatoms. The number of thioether (sulfide) groups is 1. The van der Waals surface area contributed by atoms with E-state index in [1.165, 1.54) is 17.3 Å². The molecule has 0 aliphatic rings. The third-order valence-corrected chi connectivity index (χ3v) is 4.03. The normalized spacial score (nSPS) is 11.2. The molecule has 0 aliphatic carbocycles. The van der Waals surface area contributed by atoms with E-state index in [0.29, 0.717) is 10.7 Å². The van der Waals surface area contributed by atoms with Crippen LogP contribution in [0.5, 0.6) is 0 Å². The number of benzene rings is 2. The van der Waals surface area contributed by atoms with Gasteiger partial charge in [0, 0.05) is 17.0 Å². The topological polar surface area (TPSA) is 29.1 Å². The summed E-state index contributed by atoms with van der Waals surface area (Å²) < 4.78 is 0. The molecule has 2 aromatic carbocycles. The first-order valence-corrected chi connectivity index (χ1v) is 7.55. The van der Waals surface area contributed by atoms with Crippen molar-refractivity contribution in [1.29, 1.82) is 0 Å². The predicted octanol–water partition coefficient (Wildman–Crippen LogP) is 4.64. The Morgan fingerprint density at radius 2 is 1.65 bits per heavy atom. The van der Waals surface area contributed by atoms with Crippen molar-refractivity contribution in [3.63, 3.8) is 0 Å². The molecule has 0 radical (unpaired) electrons. The Morgan fingerprint density at radius 1 is 1.05 bits per heavy atom. The average molecular weight is 304 g/mol. The third kappa shape index (κ3) is 4.44. The van der Waals surface area contributed by atoms with Crippen LogP contribution in [0.15, 0.2) is 71.1 Å². The first-order chi connectivity index (χ1) is 9.79. The number of halogens is 1. The van der Waals surface area contributed by atoms with Crippen molar-refractivity contribution < 1.29 is 4.79 Å². The molecule has 0 saturated carbocycles. The first-order valence-electron chi connectivity index (χ1n) is 6.13. The van der Waals surface area contributed by atoms with Crippen molar-refractivity contribution in [2.75, 3.05) is 5.32 Å².